The van der Waals surface area contributed by atoms with Crippen LogP contribution in [0.15, 0.2) is 36.5 Å². The Morgan fingerprint density at radius 2 is 2.07 bits per heavy atom. The van der Waals surface area contributed by atoms with Gasteiger partial charge in [-0.25, -0.2) is 4.98 Å². The maximum absolute atomic E-state index is 12.9. The number of amides is 1. The Labute approximate surface area is 166 Å². The summed E-state index contributed by atoms with van der Waals surface area (Å²) in [5.41, 5.74) is 2.50. The summed E-state index contributed by atoms with van der Waals surface area (Å²) in [6.07, 6.45) is 3.26. The highest BCUT2D eigenvalue weighted by atomic mass is 16.5. The molecule has 0 radical (unpaired) electrons. The largest absolute Gasteiger partial charge is 0.496 e. The number of methoxy groups -OCH3 is 1. The van der Waals surface area contributed by atoms with Gasteiger partial charge < -0.3 is 19.5 Å². The van der Waals surface area contributed by atoms with E-state index < -0.39 is 0 Å². The van der Waals surface area contributed by atoms with Gasteiger partial charge in [0.15, 0.2) is 0 Å². The van der Waals surface area contributed by atoms with Gasteiger partial charge in [-0.3, -0.25) is 4.79 Å². The van der Waals surface area contributed by atoms with Gasteiger partial charge in [0, 0.05) is 36.9 Å². The van der Waals surface area contributed by atoms with Crippen molar-refractivity contribution in [3.63, 3.8) is 0 Å². The lowest BCUT2D eigenvalue weighted by molar-refractivity contribution is 0.0478. The number of nitrogens with one attached hydrogen (secondary N) is 1. The fourth-order valence-electron chi connectivity index (χ4n) is 3.70. The summed E-state index contributed by atoms with van der Waals surface area (Å²) in [5.74, 6) is 1.02. The van der Waals surface area contributed by atoms with Crippen molar-refractivity contribution in [2.24, 2.45) is 0 Å². The summed E-state index contributed by atoms with van der Waals surface area (Å²) < 4.78 is 16.7. The third-order valence-corrected chi connectivity index (χ3v) is 5.26. The average molecular weight is 384 g/mol. The molecule has 1 aromatic heterocycles. The molecule has 1 amide bonds. The number of ether oxygens (including phenoxy) is 3. The standard InChI is InChI=1S/C22H28N2O4/c1-4-28-21-17(6-5-11-23-21)20(25)24-15-22(9-12-27-13-10-22)18-14-16(2)7-8-19(18)26-3/h5-8,11,14H,4,9-10,12-13,15H2,1-3H3,(H,24,25). The van der Waals surface area contributed by atoms with Crippen molar-refractivity contribution in [2.45, 2.75) is 32.1 Å². The zero-order valence-electron chi connectivity index (χ0n) is 16.8. The van der Waals surface area contributed by atoms with Gasteiger partial charge in [-0.05, 0) is 44.9 Å². The van der Waals surface area contributed by atoms with Crippen molar-refractivity contribution < 1.29 is 19.0 Å². The first-order valence-electron chi connectivity index (χ1n) is 9.68. The second-order valence-corrected chi connectivity index (χ2v) is 7.07. The normalized spacial score (nSPS) is 15.7. The number of carbonyl (C=O) groups is 1. The Bertz CT molecular complexity index is 816. The summed E-state index contributed by atoms with van der Waals surface area (Å²) in [4.78, 5) is 17.1. The molecule has 0 saturated carbocycles. The first-order chi connectivity index (χ1) is 13.6. The molecule has 0 spiro atoms. The number of hydrogen-bond donors (Lipinski definition) is 1. The van der Waals surface area contributed by atoms with Crippen LogP contribution in [0, 0.1) is 6.92 Å². The molecule has 1 saturated heterocycles. The highest BCUT2D eigenvalue weighted by Gasteiger charge is 2.37. The molecule has 1 aliphatic rings. The summed E-state index contributed by atoms with van der Waals surface area (Å²) in [6.45, 7) is 6.21. The van der Waals surface area contributed by atoms with Gasteiger partial charge in [-0.15, -0.1) is 0 Å². The van der Waals surface area contributed by atoms with E-state index in [0.717, 1.165) is 24.2 Å². The van der Waals surface area contributed by atoms with E-state index in [0.29, 0.717) is 37.8 Å². The van der Waals surface area contributed by atoms with Gasteiger partial charge in [-0.1, -0.05) is 17.7 Å². The average Bonchev–Trinajstić information content (AvgIpc) is 2.73. The molecule has 0 unspecified atom stereocenters. The third-order valence-electron chi connectivity index (χ3n) is 5.26. The highest BCUT2D eigenvalue weighted by Crippen LogP contribution is 2.40. The van der Waals surface area contributed by atoms with E-state index in [1.54, 1.807) is 25.4 Å². The topological polar surface area (TPSA) is 69.7 Å². The van der Waals surface area contributed by atoms with Crippen LogP contribution in [0.2, 0.25) is 0 Å². The molecular weight excluding hydrogens is 356 g/mol. The zero-order chi connectivity index (χ0) is 20.0. The first-order valence-corrected chi connectivity index (χ1v) is 9.68. The quantitative estimate of drug-likeness (QED) is 0.793. The minimum Gasteiger partial charge on any atom is -0.496 e. The number of hydrogen-bond acceptors (Lipinski definition) is 5. The number of aryl methyl sites for hydroxylation is 1. The van der Waals surface area contributed by atoms with E-state index in [4.69, 9.17) is 14.2 Å². The fourth-order valence-corrected chi connectivity index (χ4v) is 3.70. The number of aromatic nitrogens is 1. The summed E-state index contributed by atoms with van der Waals surface area (Å²) in [7, 11) is 1.68. The maximum atomic E-state index is 12.9. The van der Waals surface area contributed by atoms with Crippen molar-refractivity contribution in [3.8, 4) is 11.6 Å². The molecule has 3 rings (SSSR count). The predicted molar refractivity (Wildman–Crippen MR) is 107 cm³/mol. The monoisotopic (exact) mass is 384 g/mol. The van der Waals surface area contributed by atoms with Gasteiger partial charge >= 0.3 is 0 Å². The molecule has 0 bridgehead atoms. The maximum Gasteiger partial charge on any atom is 0.256 e. The molecule has 150 valence electrons. The molecule has 2 heterocycles. The highest BCUT2D eigenvalue weighted by molar-refractivity contribution is 5.96. The molecule has 1 fully saturated rings. The fraction of sp³-hybridized carbons (Fsp3) is 0.455. The van der Waals surface area contributed by atoms with Crippen LogP contribution in [0.1, 0.15) is 41.3 Å². The van der Waals surface area contributed by atoms with Crippen LogP contribution >= 0.6 is 0 Å². The van der Waals surface area contributed by atoms with E-state index in [1.165, 1.54) is 5.56 Å². The molecule has 6 nitrogen and oxygen atoms in total. The molecule has 0 atom stereocenters. The molecule has 6 heteroatoms. The molecule has 1 N–H and O–H groups in total. The van der Waals surface area contributed by atoms with Crippen molar-refractivity contribution >= 4 is 5.91 Å². The van der Waals surface area contributed by atoms with E-state index in [-0.39, 0.29) is 11.3 Å². The molecule has 2 aromatic rings. The summed E-state index contributed by atoms with van der Waals surface area (Å²) >= 11 is 0. The van der Waals surface area contributed by atoms with E-state index in [1.807, 2.05) is 19.1 Å². The van der Waals surface area contributed by atoms with Crippen LogP contribution in [0.3, 0.4) is 0 Å². The number of benzene rings is 1. The second-order valence-electron chi connectivity index (χ2n) is 7.07. The lowest BCUT2D eigenvalue weighted by Gasteiger charge is -2.38. The number of carbonyl (C=O) groups excluding carboxylic acids is 1. The van der Waals surface area contributed by atoms with Gasteiger partial charge in [0.05, 0.1) is 13.7 Å². The number of pyridine rings is 1. The Hall–Kier alpha value is -2.60. The van der Waals surface area contributed by atoms with E-state index >= 15 is 0 Å². The van der Waals surface area contributed by atoms with Crippen LogP contribution in [0.4, 0.5) is 0 Å². The van der Waals surface area contributed by atoms with E-state index in [9.17, 15) is 4.79 Å². The Kier molecular flexibility index (Phi) is 6.52. The Balaban J connectivity index is 1.86. The summed E-state index contributed by atoms with van der Waals surface area (Å²) in [5, 5.41) is 3.11. The van der Waals surface area contributed by atoms with Crippen LogP contribution in [-0.2, 0) is 10.2 Å². The Morgan fingerprint density at radius 1 is 1.29 bits per heavy atom. The van der Waals surface area contributed by atoms with Gasteiger partial charge in [0.25, 0.3) is 5.91 Å². The van der Waals surface area contributed by atoms with Gasteiger partial charge in [0.1, 0.15) is 11.3 Å². The van der Waals surface area contributed by atoms with Crippen molar-refractivity contribution in [1.82, 2.24) is 10.3 Å². The smallest absolute Gasteiger partial charge is 0.256 e. The lowest BCUT2D eigenvalue weighted by Crippen LogP contribution is -2.45. The predicted octanol–water partition coefficient (Wildman–Crippen LogP) is 3.28. The van der Waals surface area contributed by atoms with Crippen molar-refractivity contribution in [2.75, 3.05) is 33.5 Å². The minimum atomic E-state index is -0.237. The van der Waals surface area contributed by atoms with Crippen molar-refractivity contribution in [3.05, 3.63) is 53.2 Å². The van der Waals surface area contributed by atoms with Crippen LogP contribution in [0.5, 0.6) is 11.6 Å². The molecule has 1 aromatic carbocycles. The second kappa shape index (κ2) is 9.06. The third kappa shape index (κ3) is 4.28. The number of rotatable bonds is 7. The molecule has 0 aliphatic carbocycles. The van der Waals surface area contributed by atoms with Crippen molar-refractivity contribution in [1.29, 1.82) is 0 Å². The molecule has 1 aliphatic heterocycles. The summed E-state index contributed by atoms with van der Waals surface area (Å²) in [6, 6.07) is 9.67. The number of nitrogens with zero attached hydrogens (tertiary/aromatic N) is 1. The van der Waals surface area contributed by atoms with Gasteiger partial charge in [0.2, 0.25) is 5.88 Å². The first kappa shape index (κ1) is 20.1. The van der Waals surface area contributed by atoms with E-state index in [2.05, 4.69) is 23.3 Å². The van der Waals surface area contributed by atoms with Crippen LogP contribution in [-0.4, -0.2) is 44.4 Å². The van der Waals surface area contributed by atoms with Crippen LogP contribution < -0.4 is 14.8 Å². The minimum absolute atomic E-state index is 0.186. The Morgan fingerprint density at radius 3 is 2.79 bits per heavy atom. The SMILES string of the molecule is CCOc1ncccc1C(=O)NCC1(c2cc(C)ccc2OC)CCOCC1. The van der Waals surface area contributed by atoms with Gasteiger partial charge in [-0.2, -0.15) is 0 Å². The van der Waals surface area contributed by atoms with Crippen LogP contribution in [0.25, 0.3) is 0 Å². The molecular formula is C22H28N2O4. The molecule has 28 heavy (non-hydrogen) atoms. The lowest BCUT2D eigenvalue weighted by atomic mass is 9.73. The zero-order valence-corrected chi connectivity index (χ0v) is 16.8.